The molecule has 3 fully saturated rings. The molecule has 6 heteroatoms. The van der Waals surface area contributed by atoms with Crippen LogP contribution in [0.5, 0.6) is 0 Å². The quantitative estimate of drug-likeness (QED) is 0.714. The van der Waals surface area contributed by atoms with Gasteiger partial charge in [0.2, 0.25) is 11.8 Å². The van der Waals surface area contributed by atoms with E-state index in [2.05, 4.69) is 24.0 Å². The molecule has 0 saturated carbocycles. The van der Waals surface area contributed by atoms with Crippen molar-refractivity contribution in [1.29, 1.82) is 0 Å². The van der Waals surface area contributed by atoms with Crippen molar-refractivity contribution in [2.45, 2.75) is 37.3 Å². The van der Waals surface area contributed by atoms with Crippen molar-refractivity contribution in [3.05, 3.63) is 71.3 Å². The van der Waals surface area contributed by atoms with Crippen LogP contribution >= 0.6 is 0 Å². The lowest BCUT2D eigenvalue weighted by Gasteiger charge is -2.59. The third kappa shape index (κ3) is 4.46. The van der Waals surface area contributed by atoms with Crippen molar-refractivity contribution in [2.75, 3.05) is 32.9 Å². The molecule has 2 aromatic carbocycles. The lowest BCUT2D eigenvalue weighted by molar-refractivity contribution is -0.169. The van der Waals surface area contributed by atoms with Crippen LogP contribution < -0.4 is 0 Å². The second-order valence-corrected chi connectivity index (χ2v) is 9.34. The summed E-state index contributed by atoms with van der Waals surface area (Å²) in [5, 5.41) is 10.0. The van der Waals surface area contributed by atoms with Gasteiger partial charge in [0.15, 0.2) is 0 Å². The van der Waals surface area contributed by atoms with Gasteiger partial charge in [-0.1, -0.05) is 54.3 Å². The van der Waals surface area contributed by atoms with E-state index in [1.807, 2.05) is 42.5 Å². The van der Waals surface area contributed by atoms with Crippen molar-refractivity contribution in [3.8, 4) is 11.8 Å². The molecule has 2 aromatic rings. The molecule has 0 unspecified atom stereocenters. The number of aliphatic hydroxyl groups is 1. The Bertz CT molecular complexity index is 1080. The molecule has 0 bridgehead atoms. The Balaban J connectivity index is 1.28. The summed E-state index contributed by atoms with van der Waals surface area (Å²) in [5.74, 6) is 6.37. The largest absolute Gasteiger partial charge is 0.394 e. The van der Waals surface area contributed by atoms with Gasteiger partial charge in [0.1, 0.15) is 0 Å². The van der Waals surface area contributed by atoms with Crippen LogP contribution in [0.4, 0.5) is 0 Å². The number of nitrogens with zero attached hydrogens (tertiary/aromatic N) is 2. The smallest absolute Gasteiger partial charge is 0.242 e. The van der Waals surface area contributed by atoms with E-state index in [1.54, 1.807) is 9.80 Å². The summed E-state index contributed by atoms with van der Waals surface area (Å²) in [6.45, 7) is 1.74. The molecule has 0 radical (unpaired) electrons. The molecule has 3 saturated heterocycles. The summed E-state index contributed by atoms with van der Waals surface area (Å²) in [6, 6.07) is 17.9. The van der Waals surface area contributed by atoms with Gasteiger partial charge in [-0.3, -0.25) is 9.59 Å². The van der Waals surface area contributed by atoms with Gasteiger partial charge in [-0.05, 0) is 36.1 Å². The van der Waals surface area contributed by atoms with Crippen molar-refractivity contribution in [2.24, 2.45) is 5.92 Å². The van der Waals surface area contributed by atoms with Crippen LogP contribution in [0, 0.1) is 17.8 Å². The van der Waals surface area contributed by atoms with Gasteiger partial charge >= 0.3 is 0 Å². The van der Waals surface area contributed by atoms with E-state index in [0.29, 0.717) is 39.0 Å². The zero-order valence-electron chi connectivity index (χ0n) is 19.2. The van der Waals surface area contributed by atoms with Gasteiger partial charge in [-0.2, -0.15) is 0 Å². The number of ether oxygens (including phenoxy) is 1. The molecular weight excluding hydrogens is 428 g/mol. The predicted molar refractivity (Wildman–Crippen MR) is 128 cm³/mol. The fourth-order valence-electron chi connectivity index (χ4n) is 5.50. The maximum Gasteiger partial charge on any atom is 0.242 e. The van der Waals surface area contributed by atoms with Gasteiger partial charge < -0.3 is 19.6 Å². The molecule has 3 aliphatic rings. The molecule has 3 atom stereocenters. The van der Waals surface area contributed by atoms with Crippen molar-refractivity contribution in [1.82, 2.24) is 9.80 Å². The van der Waals surface area contributed by atoms with E-state index in [0.717, 1.165) is 11.1 Å². The number of hydrogen-bond acceptors (Lipinski definition) is 4. The summed E-state index contributed by atoms with van der Waals surface area (Å²) in [4.78, 5) is 29.4. The molecule has 3 heterocycles. The zero-order chi connectivity index (χ0) is 23.5. The first-order chi connectivity index (χ1) is 16.7. The van der Waals surface area contributed by atoms with Crippen molar-refractivity contribution in [3.63, 3.8) is 0 Å². The number of fused-ring (bicyclic) bond motifs is 1. The topological polar surface area (TPSA) is 70.1 Å². The number of hydrogen-bond donors (Lipinski definition) is 1. The lowest BCUT2D eigenvalue weighted by atomic mass is 9.73. The molecule has 34 heavy (non-hydrogen) atoms. The molecule has 176 valence electrons. The Morgan fingerprint density at radius 3 is 2.50 bits per heavy atom. The number of rotatable bonds is 4. The first-order valence-electron chi connectivity index (χ1n) is 12.1. The minimum absolute atomic E-state index is 0.00515. The van der Waals surface area contributed by atoms with Crippen LogP contribution in [0.25, 0.3) is 0 Å². The van der Waals surface area contributed by atoms with Crippen LogP contribution in [0.15, 0.2) is 54.6 Å². The highest BCUT2D eigenvalue weighted by molar-refractivity contribution is 5.88. The van der Waals surface area contributed by atoms with Crippen LogP contribution in [-0.4, -0.2) is 71.7 Å². The Labute approximate surface area is 200 Å². The summed E-state index contributed by atoms with van der Waals surface area (Å²) < 4.78 is 5.38. The van der Waals surface area contributed by atoms with Crippen molar-refractivity contribution >= 4 is 11.8 Å². The van der Waals surface area contributed by atoms with Gasteiger partial charge in [-0.15, -0.1) is 0 Å². The van der Waals surface area contributed by atoms with E-state index in [-0.39, 0.29) is 48.9 Å². The first kappa shape index (κ1) is 22.6. The average Bonchev–Trinajstić information content (AvgIpc) is 2.87. The highest BCUT2D eigenvalue weighted by Crippen LogP contribution is 2.43. The second-order valence-electron chi connectivity index (χ2n) is 9.34. The molecule has 3 aliphatic heterocycles. The second kappa shape index (κ2) is 10.0. The van der Waals surface area contributed by atoms with E-state index >= 15 is 0 Å². The number of carbonyl (C=O) groups is 2. The summed E-state index contributed by atoms with van der Waals surface area (Å²) in [7, 11) is 0. The molecule has 0 aromatic heterocycles. The Morgan fingerprint density at radius 1 is 1.06 bits per heavy atom. The Kier molecular flexibility index (Phi) is 6.66. The third-order valence-electron chi connectivity index (χ3n) is 7.30. The minimum atomic E-state index is -0.243. The van der Waals surface area contributed by atoms with Crippen molar-refractivity contribution < 1.29 is 19.4 Å². The highest BCUT2D eigenvalue weighted by atomic mass is 16.5. The number of piperazine rings is 1. The van der Waals surface area contributed by atoms with Gasteiger partial charge in [0.25, 0.3) is 0 Å². The zero-order valence-corrected chi connectivity index (χ0v) is 19.2. The molecule has 0 spiro atoms. The van der Waals surface area contributed by atoms with Crippen LogP contribution in [-0.2, 0) is 20.7 Å². The number of carbonyl (C=O) groups excluding carboxylic acids is 2. The van der Waals surface area contributed by atoms with Crippen LogP contribution in [0.2, 0.25) is 0 Å². The minimum Gasteiger partial charge on any atom is -0.394 e. The van der Waals surface area contributed by atoms with Crippen LogP contribution in [0.3, 0.4) is 0 Å². The molecular formula is C28H30N2O4. The number of amides is 2. The van der Waals surface area contributed by atoms with Crippen LogP contribution in [0.1, 0.15) is 35.4 Å². The fraction of sp³-hybridized carbons (Fsp3) is 0.429. The Hall–Kier alpha value is -3.14. The molecule has 5 rings (SSSR count). The number of aliphatic hydroxyl groups excluding tert-OH is 1. The van der Waals surface area contributed by atoms with E-state index in [9.17, 15) is 14.7 Å². The molecule has 2 amide bonds. The number of benzene rings is 2. The van der Waals surface area contributed by atoms with E-state index in [1.165, 1.54) is 5.56 Å². The SMILES string of the molecule is O=C(C1CCOCC1)N1CC(=O)N2[C@H](CO)[C@@H](c3ccc(C#CCc4ccccc4)cc3)[C@@H]2C1. The molecule has 1 N–H and O–H groups in total. The van der Waals surface area contributed by atoms with Gasteiger partial charge in [0.05, 0.1) is 25.2 Å². The first-order valence-corrected chi connectivity index (χ1v) is 12.1. The summed E-state index contributed by atoms with van der Waals surface area (Å²) in [5.41, 5.74) is 3.20. The monoisotopic (exact) mass is 458 g/mol. The maximum atomic E-state index is 13.1. The third-order valence-corrected chi connectivity index (χ3v) is 7.30. The van der Waals surface area contributed by atoms with E-state index < -0.39 is 0 Å². The fourth-order valence-corrected chi connectivity index (χ4v) is 5.50. The molecule has 0 aliphatic carbocycles. The Morgan fingerprint density at radius 2 is 1.79 bits per heavy atom. The normalized spacial score (nSPS) is 24.6. The van der Waals surface area contributed by atoms with Gasteiger partial charge in [0, 0.05) is 43.6 Å². The van der Waals surface area contributed by atoms with Gasteiger partial charge in [-0.25, -0.2) is 0 Å². The summed E-state index contributed by atoms with van der Waals surface area (Å²) >= 11 is 0. The lowest BCUT2D eigenvalue weighted by Crippen LogP contribution is -2.73. The van der Waals surface area contributed by atoms with E-state index in [4.69, 9.17) is 4.74 Å². The highest BCUT2D eigenvalue weighted by Gasteiger charge is 2.54. The molecule has 6 nitrogen and oxygen atoms in total. The average molecular weight is 459 g/mol. The maximum absolute atomic E-state index is 13.1. The predicted octanol–water partition coefficient (Wildman–Crippen LogP) is 2.20. The standard InChI is InChI=1S/C28H30N2O4/c31-19-25-27(22-11-9-21(10-12-22)8-4-7-20-5-2-1-3-6-20)24-17-29(18-26(32)30(24)25)28(33)23-13-15-34-16-14-23/h1-3,5-6,9-12,23-25,27,31H,7,13-19H2/t24-,25+,27-/m0/s1. The summed E-state index contributed by atoms with van der Waals surface area (Å²) in [6.07, 6.45) is 2.13.